The molecule has 1 aromatic heterocycles. The monoisotopic (exact) mass is 275 g/mol. The third-order valence-electron chi connectivity index (χ3n) is 3.02. The van der Waals surface area contributed by atoms with Crippen LogP contribution in [0.4, 0.5) is 5.69 Å². The molecule has 1 heterocycles. The van der Waals surface area contributed by atoms with E-state index in [1.807, 2.05) is 6.92 Å². The second kappa shape index (κ2) is 5.60. The van der Waals surface area contributed by atoms with Crippen LogP contribution < -0.4 is 11.3 Å². The van der Waals surface area contributed by atoms with Crippen LogP contribution in [0.2, 0.25) is 0 Å². The van der Waals surface area contributed by atoms with Crippen LogP contribution in [0, 0.1) is 6.92 Å². The molecule has 0 atom stereocenters. The van der Waals surface area contributed by atoms with Gasteiger partial charge in [-0.25, -0.2) is 13.1 Å². The van der Waals surface area contributed by atoms with Crippen molar-refractivity contribution in [1.29, 1.82) is 0 Å². The molecule has 18 heavy (non-hydrogen) atoms. The predicted octanol–water partition coefficient (Wildman–Crippen LogP) is 0.385. The first-order chi connectivity index (χ1) is 8.34. The minimum atomic E-state index is -3.08. The van der Waals surface area contributed by atoms with Crippen molar-refractivity contribution in [3.63, 3.8) is 0 Å². The molecule has 2 N–H and O–H groups in total. The fraction of sp³-hybridized carbons (Fsp3) is 0.727. The van der Waals surface area contributed by atoms with Gasteiger partial charge in [-0.05, 0) is 13.3 Å². The lowest BCUT2D eigenvalue weighted by Gasteiger charge is -2.12. The highest BCUT2D eigenvalue weighted by molar-refractivity contribution is 7.91. The zero-order chi connectivity index (χ0) is 13.9. The molecule has 0 aromatic carbocycles. The lowest BCUT2D eigenvalue weighted by atomic mass is 10.4. The van der Waals surface area contributed by atoms with E-state index in [-0.39, 0.29) is 29.3 Å². The highest BCUT2D eigenvalue weighted by Crippen LogP contribution is 2.08. The van der Waals surface area contributed by atoms with Crippen LogP contribution in [-0.2, 0) is 22.9 Å². The van der Waals surface area contributed by atoms with E-state index in [1.54, 1.807) is 18.5 Å². The third kappa shape index (κ3) is 2.95. The summed E-state index contributed by atoms with van der Waals surface area (Å²) in [6.07, 6.45) is 0.856. The van der Waals surface area contributed by atoms with Gasteiger partial charge in [-0.1, -0.05) is 13.8 Å². The topological polar surface area (TPSA) is 87.1 Å². The molecule has 104 valence electrons. The molecule has 0 bridgehead atoms. The number of nitrogens with two attached hydrogens (primary N) is 1. The Labute approximate surface area is 107 Å². The van der Waals surface area contributed by atoms with E-state index in [0.29, 0.717) is 12.2 Å². The zero-order valence-electron chi connectivity index (χ0n) is 11.1. The van der Waals surface area contributed by atoms with Gasteiger partial charge >= 0.3 is 0 Å². The number of aromatic nitrogens is 2. The lowest BCUT2D eigenvalue weighted by Crippen LogP contribution is -2.28. The summed E-state index contributed by atoms with van der Waals surface area (Å²) in [7, 11) is -3.08. The fourth-order valence-electron chi connectivity index (χ4n) is 1.82. The first-order valence-corrected chi connectivity index (χ1v) is 7.92. The normalized spacial score (nSPS) is 11.9. The summed E-state index contributed by atoms with van der Waals surface area (Å²) in [5.74, 6) is 0.0563. The minimum absolute atomic E-state index is 0.0317. The number of anilines is 1. The third-order valence-corrected chi connectivity index (χ3v) is 4.71. The average Bonchev–Trinajstić information content (AvgIpc) is 2.53. The molecule has 0 fully saturated rings. The number of rotatable bonds is 6. The van der Waals surface area contributed by atoms with Crippen molar-refractivity contribution in [1.82, 2.24) is 9.36 Å². The molecule has 0 saturated heterocycles. The molecule has 0 unspecified atom stereocenters. The Morgan fingerprint density at radius 2 is 1.78 bits per heavy atom. The summed E-state index contributed by atoms with van der Waals surface area (Å²) in [6, 6.07) is 0. The van der Waals surface area contributed by atoms with E-state index in [2.05, 4.69) is 0 Å². The first-order valence-electron chi connectivity index (χ1n) is 6.10. The van der Waals surface area contributed by atoms with Gasteiger partial charge in [0.05, 0.1) is 18.0 Å². The summed E-state index contributed by atoms with van der Waals surface area (Å²) in [5, 5.41) is 0. The summed E-state index contributed by atoms with van der Waals surface area (Å²) in [5.41, 5.74) is 6.31. The SMILES string of the molecule is CCCn1c(C)c(N)c(=O)n1CCS(=O)(=O)CC. The average molecular weight is 275 g/mol. The number of hydrogen-bond donors (Lipinski definition) is 1. The molecule has 1 aromatic rings. The highest BCUT2D eigenvalue weighted by atomic mass is 32.2. The molecule has 0 aliphatic heterocycles. The lowest BCUT2D eigenvalue weighted by molar-refractivity contribution is 0.445. The smallest absolute Gasteiger partial charge is 0.290 e. The molecule has 0 aliphatic carbocycles. The standard InChI is InChI=1S/C11H21N3O3S/c1-4-6-13-9(3)10(12)11(15)14(13)7-8-18(16,17)5-2/h4-8,12H2,1-3H3. The Morgan fingerprint density at radius 3 is 2.28 bits per heavy atom. The second-order valence-corrected chi connectivity index (χ2v) is 6.76. The van der Waals surface area contributed by atoms with E-state index < -0.39 is 9.84 Å². The Bertz CT molecular complexity index is 569. The van der Waals surface area contributed by atoms with Gasteiger partial charge in [0.2, 0.25) is 0 Å². The summed E-state index contributed by atoms with van der Waals surface area (Å²) >= 11 is 0. The van der Waals surface area contributed by atoms with Crippen LogP contribution in [0.1, 0.15) is 26.0 Å². The maximum atomic E-state index is 11.9. The Hall–Kier alpha value is -1.24. The second-order valence-electron chi connectivity index (χ2n) is 4.29. The largest absolute Gasteiger partial charge is 0.393 e. The summed E-state index contributed by atoms with van der Waals surface area (Å²) < 4.78 is 26.2. The number of nitrogen functional groups attached to an aromatic ring is 1. The van der Waals surface area contributed by atoms with Crippen molar-refractivity contribution < 1.29 is 8.42 Å². The molecule has 0 spiro atoms. The van der Waals surface area contributed by atoms with Gasteiger partial charge in [0.15, 0.2) is 9.84 Å². The number of sulfone groups is 1. The Balaban J connectivity index is 3.09. The number of nitrogens with zero attached hydrogens (tertiary/aromatic N) is 2. The van der Waals surface area contributed by atoms with E-state index in [4.69, 9.17) is 5.73 Å². The van der Waals surface area contributed by atoms with E-state index in [1.165, 1.54) is 4.68 Å². The highest BCUT2D eigenvalue weighted by Gasteiger charge is 2.16. The van der Waals surface area contributed by atoms with E-state index >= 15 is 0 Å². The molecule has 7 heteroatoms. The van der Waals surface area contributed by atoms with Gasteiger partial charge < -0.3 is 5.73 Å². The Morgan fingerprint density at radius 1 is 1.17 bits per heavy atom. The molecule has 0 saturated carbocycles. The molecule has 0 aliphatic rings. The molecule has 0 amide bonds. The van der Waals surface area contributed by atoms with Crippen molar-refractivity contribution in [2.45, 2.75) is 40.3 Å². The van der Waals surface area contributed by atoms with Crippen molar-refractivity contribution in [2.24, 2.45) is 0 Å². The van der Waals surface area contributed by atoms with Crippen LogP contribution >= 0.6 is 0 Å². The van der Waals surface area contributed by atoms with Crippen LogP contribution in [-0.4, -0.2) is 29.3 Å². The van der Waals surface area contributed by atoms with Gasteiger partial charge in [0, 0.05) is 12.3 Å². The van der Waals surface area contributed by atoms with Crippen LogP contribution in [0.15, 0.2) is 4.79 Å². The van der Waals surface area contributed by atoms with E-state index in [9.17, 15) is 13.2 Å². The predicted molar refractivity (Wildman–Crippen MR) is 72.5 cm³/mol. The first kappa shape index (κ1) is 14.8. The van der Waals surface area contributed by atoms with E-state index in [0.717, 1.165) is 6.42 Å². The summed E-state index contributed by atoms with van der Waals surface area (Å²) in [6.45, 7) is 6.19. The molecule has 6 nitrogen and oxygen atoms in total. The van der Waals surface area contributed by atoms with Gasteiger partial charge in [-0.3, -0.25) is 9.48 Å². The zero-order valence-corrected chi connectivity index (χ0v) is 12.0. The van der Waals surface area contributed by atoms with Crippen molar-refractivity contribution in [3.05, 3.63) is 16.0 Å². The molecular formula is C11H21N3O3S. The Kier molecular flexibility index (Phi) is 4.61. The summed E-state index contributed by atoms with van der Waals surface area (Å²) in [4.78, 5) is 11.9. The van der Waals surface area contributed by atoms with Crippen molar-refractivity contribution >= 4 is 15.5 Å². The van der Waals surface area contributed by atoms with Gasteiger partial charge in [0.25, 0.3) is 5.56 Å². The maximum absolute atomic E-state index is 11.9. The van der Waals surface area contributed by atoms with Crippen molar-refractivity contribution in [3.8, 4) is 0 Å². The minimum Gasteiger partial charge on any atom is -0.393 e. The van der Waals surface area contributed by atoms with Gasteiger partial charge in [-0.15, -0.1) is 0 Å². The van der Waals surface area contributed by atoms with Gasteiger partial charge in [-0.2, -0.15) is 0 Å². The fourth-order valence-corrected chi connectivity index (χ4v) is 2.56. The van der Waals surface area contributed by atoms with Crippen molar-refractivity contribution in [2.75, 3.05) is 17.2 Å². The maximum Gasteiger partial charge on any atom is 0.290 e. The van der Waals surface area contributed by atoms with Gasteiger partial charge in [0.1, 0.15) is 5.69 Å². The molecule has 0 radical (unpaired) electrons. The molecular weight excluding hydrogens is 254 g/mol. The molecule has 1 rings (SSSR count). The van der Waals surface area contributed by atoms with Crippen LogP contribution in [0.3, 0.4) is 0 Å². The van der Waals surface area contributed by atoms with Crippen LogP contribution in [0.25, 0.3) is 0 Å². The number of hydrogen-bond acceptors (Lipinski definition) is 4. The quantitative estimate of drug-likeness (QED) is 0.813. The van der Waals surface area contributed by atoms with Crippen LogP contribution in [0.5, 0.6) is 0 Å².